The Morgan fingerprint density at radius 1 is 1.47 bits per heavy atom. The second-order valence-electron chi connectivity index (χ2n) is 4.12. The zero-order valence-electron chi connectivity index (χ0n) is 9.37. The van der Waals surface area contributed by atoms with Crippen molar-refractivity contribution >= 4 is 23.1 Å². The van der Waals surface area contributed by atoms with Crippen LogP contribution in [0.25, 0.3) is 0 Å². The van der Waals surface area contributed by atoms with Gasteiger partial charge in [0.15, 0.2) is 5.16 Å². The Morgan fingerprint density at radius 3 is 3.00 bits per heavy atom. The average molecular weight is 266 g/mol. The van der Waals surface area contributed by atoms with Gasteiger partial charge in [-0.15, -0.1) is 10.2 Å². The zero-order chi connectivity index (χ0) is 11.7. The number of thiophene rings is 1. The molecule has 2 aromatic heterocycles. The van der Waals surface area contributed by atoms with E-state index in [-0.39, 0.29) is 0 Å². The van der Waals surface area contributed by atoms with Gasteiger partial charge in [0, 0.05) is 11.8 Å². The van der Waals surface area contributed by atoms with Crippen LogP contribution in [-0.2, 0) is 12.3 Å². The third-order valence-electron chi connectivity index (χ3n) is 2.78. The highest BCUT2D eigenvalue weighted by molar-refractivity contribution is 7.98. The SMILES string of the molecule is NCc1nnc(SCc2ccsc2)n1C1CC1. The Hall–Kier alpha value is -0.850. The molecule has 2 N–H and O–H groups in total. The van der Waals surface area contributed by atoms with Crippen LogP contribution in [0.5, 0.6) is 0 Å². The summed E-state index contributed by atoms with van der Waals surface area (Å²) in [6, 6.07) is 2.74. The molecule has 2 heterocycles. The van der Waals surface area contributed by atoms with Crippen LogP contribution in [-0.4, -0.2) is 14.8 Å². The summed E-state index contributed by atoms with van der Waals surface area (Å²) in [5, 5.41) is 13.7. The van der Waals surface area contributed by atoms with Gasteiger partial charge in [0.2, 0.25) is 0 Å². The molecule has 0 saturated heterocycles. The number of thioether (sulfide) groups is 1. The highest BCUT2D eigenvalue weighted by Gasteiger charge is 2.29. The summed E-state index contributed by atoms with van der Waals surface area (Å²) >= 11 is 3.48. The molecule has 90 valence electrons. The van der Waals surface area contributed by atoms with Crippen molar-refractivity contribution in [3.05, 3.63) is 28.2 Å². The maximum atomic E-state index is 5.69. The number of nitrogens with two attached hydrogens (primary N) is 1. The highest BCUT2D eigenvalue weighted by atomic mass is 32.2. The van der Waals surface area contributed by atoms with Gasteiger partial charge in [-0.2, -0.15) is 11.3 Å². The lowest BCUT2D eigenvalue weighted by Crippen LogP contribution is -2.07. The lowest BCUT2D eigenvalue weighted by Gasteiger charge is -2.06. The van der Waals surface area contributed by atoms with Gasteiger partial charge in [0.25, 0.3) is 0 Å². The van der Waals surface area contributed by atoms with E-state index >= 15 is 0 Å². The topological polar surface area (TPSA) is 56.7 Å². The van der Waals surface area contributed by atoms with Gasteiger partial charge in [-0.25, -0.2) is 0 Å². The predicted octanol–water partition coefficient (Wildman–Crippen LogP) is 2.43. The van der Waals surface area contributed by atoms with E-state index < -0.39 is 0 Å². The van der Waals surface area contributed by atoms with Gasteiger partial charge in [0.1, 0.15) is 5.82 Å². The summed E-state index contributed by atoms with van der Waals surface area (Å²) in [5.41, 5.74) is 7.04. The van der Waals surface area contributed by atoms with E-state index in [1.807, 2.05) is 0 Å². The molecule has 1 aliphatic carbocycles. The van der Waals surface area contributed by atoms with Crippen LogP contribution in [0.3, 0.4) is 0 Å². The van der Waals surface area contributed by atoms with Crippen LogP contribution in [0.15, 0.2) is 22.0 Å². The summed E-state index contributed by atoms with van der Waals surface area (Å²) in [4.78, 5) is 0. The quantitative estimate of drug-likeness (QED) is 0.844. The van der Waals surface area contributed by atoms with Crippen molar-refractivity contribution in [3.63, 3.8) is 0 Å². The fourth-order valence-corrected chi connectivity index (χ4v) is 3.51. The van der Waals surface area contributed by atoms with Crippen LogP contribution in [0.2, 0.25) is 0 Å². The maximum absolute atomic E-state index is 5.69. The fraction of sp³-hybridized carbons (Fsp3) is 0.455. The lowest BCUT2D eigenvalue weighted by atomic mass is 10.4. The Balaban J connectivity index is 1.76. The van der Waals surface area contributed by atoms with E-state index in [9.17, 15) is 0 Å². The number of aromatic nitrogens is 3. The summed E-state index contributed by atoms with van der Waals surface area (Å²) < 4.78 is 2.22. The molecule has 0 radical (unpaired) electrons. The van der Waals surface area contributed by atoms with Gasteiger partial charge >= 0.3 is 0 Å². The maximum Gasteiger partial charge on any atom is 0.191 e. The predicted molar refractivity (Wildman–Crippen MR) is 70.1 cm³/mol. The molecule has 2 aromatic rings. The third kappa shape index (κ3) is 2.38. The van der Waals surface area contributed by atoms with Crippen molar-refractivity contribution in [2.75, 3.05) is 0 Å². The summed E-state index contributed by atoms with van der Waals surface area (Å²) in [5.74, 6) is 1.87. The molecule has 0 atom stereocenters. The highest BCUT2D eigenvalue weighted by Crippen LogP contribution is 2.39. The normalized spacial score (nSPS) is 15.4. The molecule has 0 amide bonds. The number of rotatable bonds is 5. The molecule has 3 rings (SSSR count). The van der Waals surface area contributed by atoms with Gasteiger partial charge in [-0.3, -0.25) is 0 Å². The minimum Gasteiger partial charge on any atom is -0.324 e. The monoisotopic (exact) mass is 266 g/mol. The standard InChI is InChI=1S/C11H14N4S2/c12-5-10-13-14-11(15(10)9-1-2-9)17-7-8-3-4-16-6-8/h3-4,6,9H,1-2,5,7,12H2. The number of hydrogen-bond donors (Lipinski definition) is 1. The first-order chi connectivity index (χ1) is 8.38. The van der Waals surface area contributed by atoms with E-state index in [1.165, 1.54) is 18.4 Å². The Labute approximate surface area is 108 Å². The minimum atomic E-state index is 0.475. The van der Waals surface area contributed by atoms with Crippen molar-refractivity contribution < 1.29 is 0 Å². The van der Waals surface area contributed by atoms with Crippen LogP contribution in [0.1, 0.15) is 30.3 Å². The second-order valence-corrected chi connectivity index (χ2v) is 5.85. The molecule has 4 nitrogen and oxygen atoms in total. The van der Waals surface area contributed by atoms with Gasteiger partial charge in [-0.05, 0) is 35.2 Å². The lowest BCUT2D eigenvalue weighted by molar-refractivity contribution is 0.626. The van der Waals surface area contributed by atoms with Crippen molar-refractivity contribution in [1.29, 1.82) is 0 Å². The molecule has 0 aromatic carbocycles. The van der Waals surface area contributed by atoms with Gasteiger partial charge in [-0.1, -0.05) is 11.8 Å². The molecule has 0 aliphatic heterocycles. The molecule has 1 saturated carbocycles. The smallest absolute Gasteiger partial charge is 0.191 e. The fourth-order valence-electron chi connectivity index (χ4n) is 1.77. The van der Waals surface area contributed by atoms with Gasteiger partial charge < -0.3 is 10.3 Å². The van der Waals surface area contributed by atoms with E-state index in [1.54, 1.807) is 23.1 Å². The Bertz CT molecular complexity index is 488. The molecule has 17 heavy (non-hydrogen) atoms. The molecular weight excluding hydrogens is 252 g/mol. The second kappa shape index (κ2) is 4.80. The first kappa shape index (κ1) is 11.3. The van der Waals surface area contributed by atoms with Crippen LogP contribution in [0, 0.1) is 0 Å². The van der Waals surface area contributed by atoms with Crippen molar-refractivity contribution in [2.24, 2.45) is 5.73 Å². The molecule has 1 fully saturated rings. The first-order valence-electron chi connectivity index (χ1n) is 5.66. The molecular formula is C11H14N4S2. The van der Waals surface area contributed by atoms with E-state index in [4.69, 9.17) is 5.73 Å². The Morgan fingerprint density at radius 2 is 2.35 bits per heavy atom. The molecule has 0 bridgehead atoms. The number of nitrogens with zero attached hydrogens (tertiary/aromatic N) is 3. The van der Waals surface area contributed by atoms with E-state index in [0.717, 1.165) is 16.7 Å². The van der Waals surface area contributed by atoms with Gasteiger partial charge in [0.05, 0.1) is 6.54 Å². The summed E-state index contributed by atoms with van der Waals surface area (Å²) in [7, 11) is 0. The zero-order valence-corrected chi connectivity index (χ0v) is 11.0. The van der Waals surface area contributed by atoms with E-state index in [2.05, 4.69) is 31.6 Å². The first-order valence-corrected chi connectivity index (χ1v) is 7.59. The summed E-state index contributed by atoms with van der Waals surface area (Å²) in [6.45, 7) is 0.475. The molecule has 0 spiro atoms. The molecule has 1 aliphatic rings. The van der Waals surface area contributed by atoms with Crippen LogP contribution in [0.4, 0.5) is 0 Å². The van der Waals surface area contributed by atoms with Crippen LogP contribution < -0.4 is 5.73 Å². The van der Waals surface area contributed by atoms with Crippen molar-refractivity contribution in [3.8, 4) is 0 Å². The molecule has 0 unspecified atom stereocenters. The van der Waals surface area contributed by atoms with Crippen molar-refractivity contribution in [1.82, 2.24) is 14.8 Å². The molecule has 6 heteroatoms. The van der Waals surface area contributed by atoms with E-state index in [0.29, 0.717) is 12.6 Å². The third-order valence-corrected chi connectivity index (χ3v) is 4.52. The summed E-state index contributed by atoms with van der Waals surface area (Å²) in [6.07, 6.45) is 2.47. The van der Waals surface area contributed by atoms with Crippen LogP contribution >= 0.6 is 23.1 Å². The van der Waals surface area contributed by atoms with Crippen molar-refractivity contribution in [2.45, 2.75) is 36.3 Å². The Kier molecular flexibility index (Phi) is 3.17. The number of hydrogen-bond acceptors (Lipinski definition) is 5. The minimum absolute atomic E-state index is 0.475. The average Bonchev–Trinajstić information content (AvgIpc) is 2.92. The largest absolute Gasteiger partial charge is 0.324 e.